The molecule has 1 aromatic carbocycles. The number of carbonyl (C=O) groups is 1. The quantitative estimate of drug-likeness (QED) is 0.227. The Balaban J connectivity index is 2.13. The average Bonchev–Trinajstić information content (AvgIpc) is 3.31. The van der Waals surface area contributed by atoms with E-state index in [4.69, 9.17) is 18.6 Å². The number of nitrogens with zero attached hydrogens (tertiary/aromatic N) is 1. The third-order valence-electron chi connectivity index (χ3n) is 8.26. The summed E-state index contributed by atoms with van der Waals surface area (Å²) < 4.78 is 54.9. The molecule has 2 aliphatic heterocycles. The fraction of sp³-hybridized carbons (Fsp3) is 0.759. The van der Waals surface area contributed by atoms with Crippen molar-refractivity contribution in [3.63, 3.8) is 0 Å². The maximum atomic E-state index is 14.1. The minimum Gasteiger partial charge on any atom is -0.466 e. The molecule has 3 rings (SSSR count). The summed E-state index contributed by atoms with van der Waals surface area (Å²) in [7, 11) is -6.38. The van der Waals surface area contributed by atoms with E-state index < -0.39 is 48.5 Å². The fourth-order valence-corrected chi connectivity index (χ4v) is 14.0. The highest BCUT2D eigenvalue weighted by atomic mass is 32.2. The van der Waals surface area contributed by atoms with Gasteiger partial charge >= 0.3 is 5.97 Å². The highest BCUT2D eigenvalue weighted by molar-refractivity contribution is 7.89. The van der Waals surface area contributed by atoms with E-state index >= 15 is 0 Å². The summed E-state index contributed by atoms with van der Waals surface area (Å²) in [6.45, 7) is 21.1. The van der Waals surface area contributed by atoms with Gasteiger partial charge in [-0.2, -0.15) is 4.31 Å². The Morgan fingerprint density at radius 2 is 1.62 bits per heavy atom. The Labute approximate surface area is 236 Å². The molecule has 0 spiro atoms. The molecule has 0 radical (unpaired) electrons. The van der Waals surface area contributed by atoms with Crippen LogP contribution < -0.4 is 0 Å². The van der Waals surface area contributed by atoms with Gasteiger partial charge in [-0.25, -0.2) is 8.42 Å². The van der Waals surface area contributed by atoms with Gasteiger partial charge in [0, 0.05) is 13.0 Å². The molecule has 222 valence electrons. The van der Waals surface area contributed by atoms with Gasteiger partial charge in [0.1, 0.15) is 12.2 Å². The second kappa shape index (κ2) is 12.3. The molecule has 2 saturated heterocycles. The van der Waals surface area contributed by atoms with Crippen LogP contribution in [0.15, 0.2) is 29.2 Å². The molecule has 4 atom stereocenters. The minimum absolute atomic E-state index is 0.133. The lowest BCUT2D eigenvalue weighted by molar-refractivity contribution is -0.162. The molecule has 0 saturated carbocycles. The number of hydrogen-bond acceptors (Lipinski definition) is 7. The third kappa shape index (κ3) is 6.62. The van der Waals surface area contributed by atoms with E-state index in [0.717, 1.165) is 5.56 Å². The van der Waals surface area contributed by atoms with Crippen LogP contribution in [0.1, 0.15) is 80.7 Å². The van der Waals surface area contributed by atoms with E-state index in [-0.39, 0.29) is 40.5 Å². The number of rotatable bonds is 12. The largest absolute Gasteiger partial charge is 0.466 e. The lowest BCUT2D eigenvalue weighted by Gasteiger charge is -2.47. The molecule has 0 amide bonds. The summed E-state index contributed by atoms with van der Waals surface area (Å²) >= 11 is 0. The van der Waals surface area contributed by atoms with Gasteiger partial charge in [-0.15, -0.1) is 0 Å². The topological polar surface area (TPSA) is 91.4 Å². The summed E-state index contributed by atoms with van der Waals surface area (Å²) in [4.78, 5) is 12.8. The van der Waals surface area contributed by atoms with Gasteiger partial charge in [0.05, 0.1) is 23.6 Å². The Morgan fingerprint density at radius 3 is 2.13 bits per heavy atom. The predicted molar refractivity (Wildman–Crippen MR) is 154 cm³/mol. The first kappa shape index (κ1) is 32.2. The zero-order chi connectivity index (χ0) is 29.3. The number of carbonyl (C=O) groups excluding carboxylic acids is 1. The SMILES string of the molecule is CCOC(=O)CC[C@@H](O[Si](C(C)C)(C(C)C)C(C)C)[C@@H]1[C@@H]2OC(C)(C)O[C@@H]2CN1S(=O)(=O)c1ccc(C)cc1. The first-order valence-corrected chi connectivity index (χ1v) is 17.9. The summed E-state index contributed by atoms with van der Waals surface area (Å²) in [5, 5.41) is 0. The lowest BCUT2D eigenvalue weighted by Crippen LogP contribution is -2.57. The standard InChI is InChI=1S/C29H49NO7SSi/c1-11-34-26(31)17-16-24(37-39(19(2)3,20(4)5)21(6)7)27-28-25(35-29(9,10)36-28)18-30(27)38(32,33)23-14-12-22(8)13-15-23/h12-15,19-21,24-25,27-28H,11,16-18H2,1-10H3/t24-,25-,27-,28-/m1/s1. The molecule has 2 aliphatic rings. The fourth-order valence-electron chi connectivity index (χ4n) is 6.72. The number of fused-ring (bicyclic) bond motifs is 1. The molecule has 39 heavy (non-hydrogen) atoms. The number of hydrogen-bond donors (Lipinski definition) is 0. The molecular weight excluding hydrogens is 534 g/mol. The van der Waals surface area contributed by atoms with Crippen LogP contribution in [0.4, 0.5) is 0 Å². The molecule has 2 heterocycles. The third-order valence-corrected chi connectivity index (χ3v) is 16.3. The number of aryl methyl sites for hydroxylation is 1. The second-order valence-electron chi connectivity index (χ2n) is 12.3. The van der Waals surface area contributed by atoms with Crippen LogP contribution in [-0.4, -0.2) is 70.3 Å². The Morgan fingerprint density at radius 1 is 1.05 bits per heavy atom. The first-order chi connectivity index (χ1) is 18.1. The van der Waals surface area contributed by atoms with Crippen LogP contribution in [-0.2, 0) is 33.5 Å². The predicted octanol–water partition coefficient (Wildman–Crippen LogP) is 5.79. The summed E-state index contributed by atoms with van der Waals surface area (Å²) in [5.41, 5.74) is 1.81. The maximum absolute atomic E-state index is 14.1. The Bertz CT molecular complexity index is 1070. The van der Waals surface area contributed by atoms with Gasteiger partial charge in [0.2, 0.25) is 18.3 Å². The molecule has 0 N–H and O–H groups in total. The highest BCUT2D eigenvalue weighted by Crippen LogP contribution is 2.47. The van der Waals surface area contributed by atoms with Crippen molar-refractivity contribution in [1.82, 2.24) is 4.31 Å². The van der Waals surface area contributed by atoms with E-state index in [9.17, 15) is 13.2 Å². The molecule has 10 heteroatoms. The van der Waals surface area contributed by atoms with Crippen molar-refractivity contribution in [2.24, 2.45) is 0 Å². The second-order valence-corrected chi connectivity index (χ2v) is 19.6. The molecule has 0 unspecified atom stereocenters. The van der Waals surface area contributed by atoms with E-state index in [2.05, 4.69) is 41.5 Å². The average molecular weight is 584 g/mol. The van der Waals surface area contributed by atoms with Gasteiger partial charge in [-0.1, -0.05) is 59.2 Å². The van der Waals surface area contributed by atoms with Crippen molar-refractivity contribution in [3.05, 3.63) is 29.8 Å². The monoisotopic (exact) mass is 583 g/mol. The molecule has 1 aromatic rings. The molecule has 0 aliphatic carbocycles. The normalized spacial score (nSPS) is 24.5. The van der Waals surface area contributed by atoms with Crippen LogP contribution in [0.25, 0.3) is 0 Å². The minimum atomic E-state index is -3.90. The number of ether oxygens (including phenoxy) is 3. The van der Waals surface area contributed by atoms with Gasteiger partial charge in [-0.05, 0) is 62.9 Å². The van der Waals surface area contributed by atoms with Crippen molar-refractivity contribution in [3.8, 4) is 0 Å². The van der Waals surface area contributed by atoms with E-state index in [0.29, 0.717) is 13.0 Å². The molecule has 2 fully saturated rings. The van der Waals surface area contributed by atoms with Crippen LogP contribution in [0.2, 0.25) is 16.6 Å². The van der Waals surface area contributed by atoms with E-state index in [1.807, 2.05) is 20.8 Å². The van der Waals surface area contributed by atoms with Gasteiger partial charge < -0.3 is 18.6 Å². The van der Waals surface area contributed by atoms with E-state index in [1.165, 1.54) is 4.31 Å². The van der Waals surface area contributed by atoms with Crippen LogP contribution in [0, 0.1) is 6.92 Å². The number of esters is 1. The van der Waals surface area contributed by atoms with Crippen molar-refractivity contribution in [2.75, 3.05) is 13.2 Å². The molecule has 0 bridgehead atoms. The lowest BCUT2D eigenvalue weighted by atomic mass is 10.0. The zero-order valence-electron chi connectivity index (χ0n) is 25.4. The zero-order valence-corrected chi connectivity index (χ0v) is 27.2. The van der Waals surface area contributed by atoms with Crippen molar-refractivity contribution in [1.29, 1.82) is 0 Å². The smallest absolute Gasteiger partial charge is 0.305 e. The summed E-state index contributed by atoms with van der Waals surface area (Å²) in [6.07, 6.45) is -1.07. The number of benzene rings is 1. The Kier molecular flexibility index (Phi) is 10.1. The summed E-state index contributed by atoms with van der Waals surface area (Å²) in [6, 6.07) is 6.24. The van der Waals surface area contributed by atoms with Crippen molar-refractivity contribution in [2.45, 2.75) is 134 Å². The van der Waals surface area contributed by atoms with Crippen LogP contribution >= 0.6 is 0 Å². The van der Waals surface area contributed by atoms with Gasteiger partial charge in [-0.3, -0.25) is 4.79 Å². The van der Waals surface area contributed by atoms with Crippen LogP contribution in [0.3, 0.4) is 0 Å². The van der Waals surface area contributed by atoms with E-state index in [1.54, 1.807) is 31.2 Å². The van der Waals surface area contributed by atoms with Crippen molar-refractivity contribution >= 4 is 24.3 Å². The van der Waals surface area contributed by atoms with Gasteiger partial charge in [0.15, 0.2) is 5.79 Å². The summed E-state index contributed by atoms with van der Waals surface area (Å²) in [5.74, 6) is -1.16. The van der Waals surface area contributed by atoms with Crippen LogP contribution in [0.5, 0.6) is 0 Å². The Hall–Kier alpha value is -1.30. The van der Waals surface area contributed by atoms with Gasteiger partial charge in [0.25, 0.3) is 0 Å². The molecular formula is C29H49NO7SSi. The maximum Gasteiger partial charge on any atom is 0.305 e. The number of sulfonamides is 1. The highest BCUT2D eigenvalue weighted by Gasteiger charge is 2.60. The first-order valence-electron chi connectivity index (χ1n) is 14.3. The molecule has 8 nitrogen and oxygen atoms in total. The van der Waals surface area contributed by atoms with Crippen molar-refractivity contribution < 1.29 is 31.8 Å². The molecule has 0 aromatic heterocycles.